The van der Waals surface area contributed by atoms with E-state index in [0.29, 0.717) is 24.7 Å². The van der Waals surface area contributed by atoms with Crippen molar-refractivity contribution in [2.45, 2.75) is 19.9 Å². The van der Waals surface area contributed by atoms with Crippen molar-refractivity contribution >= 4 is 18.0 Å². The van der Waals surface area contributed by atoms with E-state index in [1.54, 1.807) is 26.0 Å². The van der Waals surface area contributed by atoms with E-state index in [1.807, 2.05) is 0 Å². The molecule has 2 N–H and O–H groups in total. The summed E-state index contributed by atoms with van der Waals surface area (Å²) in [6.07, 6.45) is 0. The second-order valence-electron chi connectivity index (χ2n) is 5.87. The van der Waals surface area contributed by atoms with Crippen molar-refractivity contribution in [3.63, 3.8) is 0 Å². The number of urea groups is 1. The van der Waals surface area contributed by atoms with Gasteiger partial charge in [0.25, 0.3) is 0 Å². The molecule has 0 radical (unpaired) electrons. The molecule has 0 unspecified atom stereocenters. The minimum atomic E-state index is -0.622. The molecule has 0 saturated carbocycles. The molecule has 2 aliphatic heterocycles. The van der Waals surface area contributed by atoms with Crippen LogP contribution in [0.4, 0.5) is 4.79 Å². The van der Waals surface area contributed by atoms with Crippen molar-refractivity contribution < 1.29 is 33.3 Å². The molecule has 0 fully saturated rings. The van der Waals surface area contributed by atoms with Gasteiger partial charge in [0.1, 0.15) is 19.8 Å². The molecule has 1 aromatic carbocycles. The maximum Gasteiger partial charge on any atom is 0.338 e. The number of hydrogen-bond acceptors (Lipinski definition) is 7. The highest BCUT2D eigenvalue weighted by Crippen LogP contribution is 2.31. The molecule has 0 spiro atoms. The summed E-state index contributed by atoms with van der Waals surface area (Å²) in [4.78, 5) is 36.2. The Morgan fingerprint density at radius 3 is 2.63 bits per heavy atom. The second kappa shape index (κ2) is 7.98. The number of hydrogen-bond donors (Lipinski definition) is 2. The summed E-state index contributed by atoms with van der Waals surface area (Å²) >= 11 is 0. The van der Waals surface area contributed by atoms with Gasteiger partial charge in [0.2, 0.25) is 0 Å². The fourth-order valence-electron chi connectivity index (χ4n) is 2.78. The summed E-state index contributed by atoms with van der Waals surface area (Å²) in [5.74, 6) is -0.179. The lowest BCUT2D eigenvalue weighted by atomic mass is 10.0. The first kappa shape index (κ1) is 18.6. The van der Waals surface area contributed by atoms with Gasteiger partial charge in [0.15, 0.2) is 11.5 Å². The Balaban J connectivity index is 1.74. The first-order valence-electron chi connectivity index (χ1n) is 8.54. The summed E-state index contributed by atoms with van der Waals surface area (Å²) in [5.41, 5.74) is 0.674. The molecule has 1 aromatic rings. The number of esters is 2. The molecule has 3 rings (SSSR count). The van der Waals surface area contributed by atoms with Gasteiger partial charge < -0.3 is 29.6 Å². The SMILES string of the molecule is CCOC(=O)C1=C(COC(=O)c2ccc3c(c2)OCCO3)NC(=O)N[C@H]1C. The third kappa shape index (κ3) is 4.13. The van der Waals surface area contributed by atoms with Crippen molar-refractivity contribution in [2.24, 2.45) is 0 Å². The number of nitrogens with one attached hydrogen (secondary N) is 2. The van der Waals surface area contributed by atoms with Crippen molar-refractivity contribution in [2.75, 3.05) is 26.4 Å². The van der Waals surface area contributed by atoms with Crippen molar-refractivity contribution in [3.8, 4) is 11.5 Å². The lowest BCUT2D eigenvalue weighted by molar-refractivity contribution is -0.139. The number of benzene rings is 1. The van der Waals surface area contributed by atoms with Crippen molar-refractivity contribution in [1.29, 1.82) is 0 Å². The maximum atomic E-state index is 12.4. The van der Waals surface area contributed by atoms with Crippen molar-refractivity contribution in [3.05, 3.63) is 35.0 Å². The zero-order valence-electron chi connectivity index (χ0n) is 15.0. The maximum absolute atomic E-state index is 12.4. The van der Waals surface area contributed by atoms with Gasteiger partial charge in [-0.05, 0) is 32.0 Å². The zero-order valence-corrected chi connectivity index (χ0v) is 15.0. The topological polar surface area (TPSA) is 112 Å². The molecular formula is C18H20N2O7. The van der Waals surface area contributed by atoms with Crippen LogP contribution in [0.1, 0.15) is 24.2 Å². The van der Waals surface area contributed by atoms with Crippen molar-refractivity contribution in [1.82, 2.24) is 10.6 Å². The molecule has 0 aliphatic carbocycles. The first-order chi connectivity index (χ1) is 13.0. The smallest absolute Gasteiger partial charge is 0.338 e. The summed E-state index contributed by atoms with van der Waals surface area (Å²) in [6.45, 7) is 4.09. The minimum Gasteiger partial charge on any atom is -0.486 e. The van der Waals surface area contributed by atoms with Gasteiger partial charge in [-0.3, -0.25) is 0 Å². The van der Waals surface area contributed by atoms with Crippen LogP contribution in [0.3, 0.4) is 0 Å². The van der Waals surface area contributed by atoms with E-state index in [9.17, 15) is 14.4 Å². The molecule has 27 heavy (non-hydrogen) atoms. The number of rotatable bonds is 5. The van der Waals surface area contributed by atoms with Gasteiger partial charge in [0.05, 0.1) is 29.5 Å². The summed E-state index contributed by atoms with van der Waals surface area (Å²) in [6, 6.07) is 3.66. The second-order valence-corrected chi connectivity index (χ2v) is 5.87. The molecular weight excluding hydrogens is 356 g/mol. The van der Waals surface area contributed by atoms with E-state index in [2.05, 4.69) is 10.6 Å². The third-order valence-electron chi connectivity index (χ3n) is 3.99. The van der Waals surface area contributed by atoms with Crippen LogP contribution < -0.4 is 20.1 Å². The van der Waals surface area contributed by atoms with Crippen LogP contribution in [0.2, 0.25) is 0 Å². The Morgan fingerprint density at radius 1 is 1.15 bits per heavy atom. The summed E-state index contributed by atoms with van der Waals surface area (Å²) in [7, 11) is 0. The molecule has 144 valence electrons. The fraction of sp³-hybridized carbons (Fsp3) is 0.389. The molecule has 9 nitrogen and oxygen atoms in total. The predicted molar refractivity (Wildman–Crippen MR) is 92.5 cm³/mol. The first-order valence-corrected chi connectivity index (χ1v) is 8.54. The largest absolute Gasteiger partial charge is 0.486 e. The van der Waals surface area contributed by atoms with Crippen LogP contribution >= 0.6 is 0 Å². The fourth-order valence-corrected chi connectivity index (χ4v) is 2.78. The Morgan fingerprint density at radius 2 is 1.89 bits per heavy atom. The standard InChI is InChI=1S/C18H20N2O7/c1-3-24-17(22)15-10(2)19-18(23)20-12(15)9-27-16(21)11-4-5-13-14(8-11)26-7-6-25-13/h4-5,8,10H,3,6-7,9H2,1-2H3,(H2,19,20,23)/t10-/m0/s1. The number of carbonyl (C=O) groups is 3. The lowest BCUT2D eigenvalue weighted by Gasteiger charge is -2.26. The highest BCUT2D eigenvalue weighted by molar-refractivity contribution is 5.95. The van der Waals surface area contributed by atoms with E-state index in [4.69, 9.17) is 18.9 Å². The molecule has 1 atom stereocenters. The number of carbonyl (C=O) groups excluding carboxylic acids is 3. The summed E-state index contributed by atoms with van der Waals surface area (Å²) < 4.78 is 21.1. The van der Waals surface area contributed by atoms with Gasteiger partial charge in [-0.1, -0.05) is 0 Å². The molecule has 9 heteroatoms. The molecule has 2 amide bonds. The van der Waals surface area contributed by atoms with Crippen LogP contribution in [0.15, 0.2) is 29.5 Å². The Bertz CT molecular complexity index is 803. The van der Waals surface area contributed by atoms with Gasteiger partial charge in [0, 0.05) is 0 Å². The average Bonchev–Trinajstić information content (AvgIpc) is 2.65. The molecule has 2 heterocycles. The predicted octanol–water partition coefficient (Wildman–Crippen LogP) is 1.13. The van der Waals surface area contributed by atoms with Gasteiger partial charge in [-0.25, -0.2) is 14.4 Å². The third-order valence-corrected chi connectivity index (χ3v) is 3.99. The van der Waals surface area contributed by atoms with Crippen LogP contribution in [-0.2, 0) is 14.3 Å². The van der Waals surface area contributed by atoms with E-state index >= 15 is 0 Å². The van der Waals surface area contributed by atoms with Gasteiger partial charge >= 0.3 is 18.0 Å². The van der Waals surface area contributed by atoms with Crippen LogP contribution in [0.25, 0.3) is 0 Å². The zero-order chi connectivity index (χ0) is 19.4. The monoisotopic (exact) mass is 376 g/mol. The molecule has 0 bridgehead atoms. The number of amides is 2. The average molecular weight is 376 g/mol. The van der Waals surface area contributed by atoms with E-state index in [0.717, 1.165) is 0 Å². The number of fused-ring (bicyclic) bond motifs is 1. The molecule has 0 saturated heterocycles. The Hall–Kier alpha value is -3.23. The lowest BCUT2D eigenvalue weighted by Crippen LogP contribution is -2.50. The Kier molecular flexibility index (Phi) is 5.49. The van der Waals surface area contributed by atoms with Crippen LogP contribution in [0, 0.1) is 0 Å². The summed E-state index contributed by atoms with van der Waals surface area (Å²) in [5, 5.41) is 5.07. The normalized spacial score (nSPS) is 18.3. The quantitative estimate of drug-likeness (QED) is 0.741. The Labute approximate surface area is 155 Å². The van der Waals surface area contributed by atoms with Crippen LogP contribution in [-0.4, -0.2) is 50.4 Å². The number of ether oxygens (including phenoxy) is 4. The van der Waals surface area contributed by atoms with Gasteiger partial charge in [-0.2, -0.15) is 0 Å². The van der Waals surface area contributed by atoms with Gasteiger partial charge in [-0.15, -0.1) is 0 Å². The van der Waals surface area contributed by atoms with Crippen LogP contribution in [0.5, 0.6) is 11.5 Å². The molecule has 0 aromatic heterocycles. The van der Waals surface area contributed by atoms with E-state index in [-0.39, 0.29) is 30.0 Å². The minimum absolute atomic E-state index is 0.188. The highest BCUT2D eigenvalue weighted by atomic mass is 16.6. The molecule has 2 aliphatic rings. The van der Waals surface area contributed by atoms with E-state index in [1.165, 1.54) is 6.07 Å². The highest BCUT2D eigenvalue weighted by Gasteiger charge is 2.30. The van der Waals surface area contributed by atoms with E-state index < -0.39 is 24.0 Å².